The fourth-order valence-corrected chi connectivity index (χ4v) is 2.29. The van der Waals surface area contributed by atoms with Gasteiger partial charge in [0.2, 0.25) is 0 Å². The van der Waals surface area contributed by atoms with Gasteiger partial charge >= 0.3 is 6.03 Å². The Morgan fingerprint density at radius 3 is 3.15 bits per heavy atom. The number of nitrogens with one attached hydrogen (secondary N) is 1. The lowest BCUT2D eigenvalue weighted by Gasteiger charge is -2.22. The highest BCUT2D eigenvalue weighted by Gasteiger charge is 2.32. The second kappa shape index (κ2) is 5.36. The zero-order chi connectivity index (χ0) is 13.9. The lowest BCUT2D eigenvalue weighted by Crippen LogP contribution is -2.41. The van der Waals surface area contributed by atoms with Gasteiger partial charge in [-0.25, -0.2) is 9.78 Å². The van der Waals surface area contributed by atoms with E-state index in [0.717, 1.165) is 24.2 Å². The smallest absolute Gasteiger partial charge is 0.318 e. The second-order valence-corrected chi connectivity index (χ2v) is 5.01. The van der Waals surface area contributed by atoms with Crippen molar-refractivity contribution in [1.29, 1.82) is 0 Å². The Kier molecular flexibility index (Phi) is 3.41. The normalized spacial score (nSPS) is 14.2. The van der Waals surface area contributed by atoms with Crippen LogP contribution < -0.4 is 5.32 Å². The van der Waals surface area contributed by atoms with Gasteiger partial charge in [-0.05, 0) is 25.0 Å². The lowest BCUT2D eigenvalue weighted by molar-refractivity contribution is 0.192. The fourth-order valence-electron chi connectivity index (χ4n) is 2.29. The molecule has 1 fully saturated rings. The molecule has 104 valence electrons. The van der Waals surface area contributed by atoms with Crippen molar-refractivity contribution >= 4 is 11.7 Å². The molecular weight excluding hydrogens is 252 g/mol. The van der Waals surface area contributed by atoms with Gasteiger partial charge in [0.05, 0.1) is 18.4 Å². The van der Waals surface area contributed by atoms with Gasteiger partial charge in [0.1, 0.15) is 5.65 Å². The fraction of sp³-hybridized carbons (Fsp3) is 0.333. The van der Waals surface area contributed by atoms with Crippen LogP contribution in [0.1, 0.15) is 18.5 Å². The van der Waals surface area contributed by atoms with Crippen molar-refractivity contribution in [2.45, 2.75) is 25.4 Å². The van der Waals surface area contributed by atoms with E-state index in [-0.39, 0.29) is 6.03 Å². The Balaban J connectivity index is 1.79. The molecule has 1 aliphatic rings. The van der Waals surface area contributed by atoms with Crippen LogP contribution in [0.4, 0.5) is 4.79 Å². The molecule has 20 heavy (non-hydrogen) atoms. The number of hydrogen-bond donors (Lipinski definition) is 1. The molecule has 5 heteroatoms. The van der Waals surface area contributed by atoms with Crippen LogP contribution >= 0.6 is 0 Å². The summed E-state index contributed by atoms with van der Waals surface area (Å²) in [4.78, 5) is 18.4. The van der Waals surface area contributed by atoms with Gasteiger partial charge in [-0.3, -0.25) is 0 Å². The van der Waals surface area contributed by atoms with E-state index < -0.39 is 0 Å². The van der Waals surface area contributed by atoms with Gasteiger partial charge in [0.25, 0.3) is 0 Å². The van der Waals surface area contributed by atoms with Crippen LogP contribution in [-0.4, -0.2) is 32.9 Å². The van der Waals surface area contributed by atoms with E-state index in [9.17, 15) is 4.79 Å². The van der Waals surface area contributed by atoms with E-state index in [2.05, 4.69) is 16.9 Å². The minimum Gasteiger partial charge on any atom is -0.335 e. The first kappa shape index (κ1) is 12.7. The molecule has 1 saturated carbocycles. The summed E-state index contributed by atoms with van der Waals surface area (Å²) in [5.41, 5.74) is 1.94. The van der Waals surface area contributed by atoms with Crippen LogP contribution in [0.2, 0.25) is 0 Å². The number of aromatic nitrogens is 2. The van der Waals surface area contributed by atoms with Crippen molar-refractivity contribution < 1.29 is 4.79 Å². The van der Waals surface area contributed by atoms with Gasteiger partial charge in [-0.1, -0.05) is 12.1 Å². The van der Waals surface area contributed by atoms with E-state index in [0.29, 0.717) is 19.1 Å². The number of hydrogen-bond acceptors (Lipinski definition) is 2. The highest BCUT2D eigenvalue weighted by atomic mass is 16.2. The molecule has 2 aromatic rings. The van der Waals surface area contributed by atoms with Crippen molar-refractivity contribution in [3.63, 3.8) is 0 Å². The maximum atomic E-state index is 12.2. The Morgan fingerprint density at radius 2 is 2.40 bits per heavy atom. The maximum Gasteiger partial charge on any atom is 0.318 e. The van der Waals surface area contributed by atoms with Gasteiger partial charge in [0, 0.05) is 18.8 Å². The Bertz CT molecular complexity index is 630. The molecule has 0 atom stereocenters. The molecule has 0 saturated heterocycles. The topological polar surface area (TPSA) is 49.6 Å². The predicted molar refractivity (Wildman–Crippen MR) is 77.4 cm³/mol. The first-order valence-corrected chi connectivity index (χ1v) is 6.86. The number of pyridine rings is 1. The summed E-state index contributed by atoms with van der Waals surface area (Å²) in [6.45, 7) is 4.70. The molecular formula is C15H18N4O. The third-order valence-corrected chi connectivity index (χ3v) is 3.47. The molecule has 0 bridgehead atoms. The second-order valence-electron chi connectivity index (χ2n) is 5.01. The molecule has 0 spiro atoms. The van der Waals surface area contributed by atoms with E-state index in [4.69, 9.17) is 0 Å². The molecule has 2 amide bonds. The molecule has 0 aliphatic heterocycles. The predicted octanol–water partition coefficient (Wildman–Crippen LogP) is 2.19. The first-order chi connectivity index (χ1) is 9.79. The number of carbonyl (C=O) groups is 1. The molecule has 5 nitrogen and oxygen atoms in total. The van der Waals surface area contributed by atoms with E-state index in [1.807, 2.05) is 39.9 Å². The van der Waals surface area contributed by atoms with Crippen LogP contribution in [0.25, 0.3) is 5.65 Å². The summed E-state index contributed by atoms with van der Waals surface area (Å²) in [5.74, 6) is 0. The van der Waals surface area contributed by atoms with E-state index in [1.165, 1.54) is 0 Å². The number of imidazole rings is 1. The minimum atomic E-state index is -0.0294. The Hall–Kier alpha value is -2.30. The quantitative estimate of drug-likeness (QED) is 0.847. The Morgan fingerprint density at radius 1 is 1.55 bits per heavy atom. The number of amides is 2. The van der Waals surface area contributed by atoms with Crippen LogP contribution in [0.3, 0.4) is 0 Å². The Labute approximate surface area is 117 Å². The van der Waals surface area contributed by atoms with Crippen molar-refractivity contribution in [2.75, 3.05) is 6.54 Å². The zero-order valence-electron chi connectivity index (χ0n) is 11.3. The maximum absolute atomic E-state index is 12.2. The molecule has 3 rings (SSSR count). The number of fused-ring (bicyclic) bond motifs is 1. The molecule has 0 radical (unpaired) electrons. The van der Waals surface area contributed by atoms with Crippen LogP contribution in [-0.2, 0) is 6.54 Å². The SMILES string of the molecule is C=CCNC(=O)N(Cc1cnc2ccccn12)C1CC1. The zero-order valence-corrected chi connectivity index (χ0v) is 11.3. The molecule has 0 aromatic carbocycles. The van der Waals surface area contributed by atoms with Gasteiger partial charge < -0.3 is 14.6 Å². The molecule has 2 aromatic heterocycles. The number of carbonyl (C=O) groups excluding carboxylic acids is 1. The van der Waals surface area contributed by atoms with Crippen molar-refractivity contribution in [3.8, 4) is 0 Å². The highest BCUT2D eigenvalue weighted by Crippen LogP contribution is 2.28. The summed E-state index contributed by atoms with van der Waals surface area (Å²) in [5, 5.41) is 2.85. The average molecular weight is 270 g/mol. The summed E-state index contributed by atoms with van der Waals surface area (Å²) < 4.78 is 2.02. The van der Waals surface area contributed by atoms with Gasteiger partial charge in [-0.2, -0.15) is 0 Å². The summed E-state index contributed by atoms with van der Waals surface area (Å²) >= 11 is 0. The molecule has 1 N–H and O–H groups in total. The van der Waals surface area contributed by atoms with Crippen LogP contribution in [0, 0.1) is 0 Å². The largest absolute Gasteiger partial charge is 0.335 e. The third kappa shape index (κ3) is 2.52. The standard InChI is InChI=1S/C15H18N4O/c1-2-8-16-15(20)19(12-6-7-12)11-13-10-17-14-5-3-4-9-18(13)14/h2-5,9-10,12H,1,6-8,11H2,(H,16,20). The number of rotatable bonds is 5. The monoisotopic (exact) mass is 270 g/mol. The van der Waals surface area contributed by atoms with Crippen molar-refractivity contribution in [2.24, 2.45) is 0 Å². The highest BCUT2D eigenvalue weighted by molar-refractivity contribution is 5.75. The van der Waals surface area contributed by atoms with E-state index in [1.54, 1.807) is 6.08 Å². The van der Waals surface area contributed by atoms with Gasteiger partial charge in [0.15, 0.2) is 0 Å². The molecule has 1 aliphatic carbocycles. The van der Waals surface area contributed by atoms with Crippen molar-refractivity contribution in [1.82, 2.24) is 19.6 Å². The average Bonchev–Trinajstić information content (AvgIpc) is 3.23. The van der Waals surface area contributed by atoms with Crippen LogP contribution in [0.5, 0.6) is 0 Å². The summed E-state index contributed by atoms with van der Waals surface area (Å²) in [6, 6.07) is 6.22. The summed E-state index contributed by atoms with van der Waals surface area (Å²) in [7, 11) is 0. The lowest BCUT2D eigenvalue weighted by atomic mass is 10.4. The minimum absolute atomic E-state index is 0.0294. The summed E-state index contributed by atoms with van der Waals surface area (Å²) in [6.07, 6.45) is 7.67. The molecule has 0 unspecified atom stereocenters. The number of nitrogens with zero attached hydrogens (tertiary/aromatic N) is 3. The van der Waals surface area contributed by atoms with Gasteiger partial charge in [-0.15, -0.1) is 6.58 Å². The van der Waals surface area contributed by atoms with Crippen LogP contribution in [0.15, 0.2) is 43.2 Å². The van der Waals surface area contributed by atoms with Crippen molar-refractivity contribution in [3.05, 3.63) is 48.9 Å². The van der Waals surface area contributed by atoms with E-state index >= 15 is 0 Å². The number of urea groups is 1. The molecule has 2 heterocycles. The first-order valence-electron chi connectivity index (χ1n) is 6.86. The third-order valence-electron chi connectivity index (χ3n) is 3.47.